The van der Waals surface area contributed by atoms with E-state index in [-0.39, 0.29) is 5.91 Å². The summed E-state index contributed by atoms with van der Waals surface area (Å²) in [5.41, 5.74) is 0.675. The lowest BCUT2D eigenvalue weighted by Gasteiger charge is -2.13. The number of nitrogens with one attached hydrogen (secondary N) is 1. The van der Waals surface area contributed by atoms with Crippen LogP contribution in [0.2, 0.25) is 0 Å². The molecule has 0 aliphatic carbocycles. The molecule has 6 heteroatoms. The van der Waals surface area contributed by atoms with E-state index in [4.69, 9.17) is 9.26 Å². The van der Waals surface area contributed by atoms with Crippen LogP contribution in [0, 0.1) is 0 Å². The van der Waals surface area contributed by atoms with Crippen molar-refractivity contribution in [3.8, 4) is 16.4 Å². The Morgan fingerprint density at radius 2 is 2.13 bits per heavy atom. The van der Waals surface area contributed by atoms with E-state index < -0.39 is 6.10 Å². The Bertz CT molecular complexity index is 753. The van der Waals surface area contributed by atoms with Gasteiger partial charge in [0.2, 0.25) is 0 Å². The number of hydrogen-bond donors (Lipinski definition) is 1. The number of thiophene rings is 1. The molecule has 0 spiro atoms. The van der Waals surface area contributed by atoms with Gasteiger partial charge in [0.05, 0.1) is 11.4 Å². The van der Waals surface area contributed by atoms with Crippen molar-refractivity contribution >= 4 is 17.2 Å². The summed E-state index contributed by atoms with van der Waals surface area (Å²) in [5, 5.41) is 8.73. The molecule has 1 atom stereocenters. The summed E-state index contributed by atoms with van der Waals surface area (Å²) in [5.74, 6) is 1.17. The van der Waals surface area contributed by atoms with Crippen LogP contribution in [0.3, 0.4) is 0 Å². The minimum atomic E-state index is -0.582. The lowest BCUT2D eigenvalue weighted by Crippen LogP contribution is -2.35. The number of benzene rings is 1. The van der Waals surface area contributed by atoms with Gasteiger partial charge in [-0.25, -0.2) is 0 Å². The first-order chi connectivity index (χ1) is 11.2. The fraction of sp³-hybridized carbons (Fsp3) is 0.176. The molecule has 0 unspecified atom stereocenters. The fourth-order valence-electron chi connectivity index (χ4n) is 2.01. The van der Waals surface area contributed by atoms with E-state index in [1.807, 2.05) is 53.9 Å². The molecule has 0 saturated carbocycles. The molecule has 0 aliphatic rings. The van der Waals surface area contributed by atoms with Crippen LogP contribution in [0.15, 0.2) is 58.4 Å². The summed E-state index contributed by atoms with van der Waals surface area (Å²) < 4.78 is 10.8. The molecule has 0 bridgehead atoms. The van der Waals surface area contributed by atoms with Crippen LogP contribution >= 0.6 is 11.3 Å². The average Bonchev–Trinajstić information content (AvgIpc) is 3.24. The highest BCUT2D eigenvalue weighted by Crippen LogP contribution is 2.25. The molecule has 0 fully saturated rings. The predicted octanol–water partition coefficient (Wildman–Crippen LogP) is 3.49. The number of nitrogens with zero attached hydrogens (tertiary/aromatic N) is 1. The Morgan fingerprint density at radius 1 is 1.30 bits per heavy atom. The van der Waals surface area contributed by atoms with E-state index in [2.05, 4.69) is 10.5 Å². The van der Waals surface area contributed by atoms with Crippen molar-refractivity contribution in [2.24, 2.45) is 0 Å². The van der Waals surface area contributed by atoms with Crippen molar-refractivity contribution in [1.82, 2.24) is 10.5 Å². The summed E-state index contributed by atoms with van der Waals surface area (Å²) in [6.45, 7) is 2.01. The molecule has 1 aromatic carbocycles. The number of carbonyl (C=O) groups excluding carboxylic acids is 1. The number of para-hydroxylation sites is 1. The molecular formula is C17H16N2O3S. The van der Waals surface area contributed by atoms with Crippen molar-refractivity contribution in [2.75, 3.05) is 0 Å². The second-order valence-corrected chi connectivity index (χ2v) is 5.90. The van der Waals surface area contributed by atoms with Gasteiger partial charge in [-0.3, -0.25) is 4.79 Å². The fourth-order valence-corrected chi connectivity index (χ4v) is 2.68. The minimum Gasteiger partial charge on any atom is -0.481 e. The van der Waals surface area contributed by atoms with Crippen molar-refractivity contribution in [1.29, 1.82) is 0 Å². The maximum absolute atomic E-state index is 12.1. The van der Waals surface area contributed by atoms with Crippen LogP contribution < -0.4 is 10.1 Å². The number of amides is 1. The van der Waals surface area contributed by atoms with Crippen LogP contribution in [0.5, 0.6) is 5.75 Å². The van der Waals surface area contributed by atoms with Gasteiger partial charge >= 0.3 is 0 Å². The molecule has 3 rings (SSSR count). The quantitative estimate of drug-likeness (QED) is 0.752. The number of carbonyl (C=O) groups is 1. The van der Waals surface area contributed by atoms with Gasteiger partial charge in [0.15, 0.2) is 11.9 Å². The topological polar surface area (TPSA) is 64.4 Å². The number of ether oxygens (including phenoxy) is 1. The molecule has 0 radical (unpaired) electrons. The first kappa shape index (κ1) is 15.3. The van der Waals surface area contributed by atoms with E-state index in [1.165, 1.54) is 0 Å². The molecule has 2 aromatic heterocycles. The highest BCUT2D eigenvalue weighted by atomic mass is 32.1. The molecule has 1 amide bonds. The summed E-state index contributed by atoms with van der Waals surface area (Å²) >= 11 is 1.58. The zero-order valence-corrected chi connectivity index (χ0v) is 13.4. The van der Waals surface area contributed by atoms with Gasteiger partial charge in [-0.15, -0.1) is 11.3 Å². The molecule has 1 N–H and O–H groups in total. The SMILES string of the molecule is C[C@@H](Oc1ccccc1)C(=O)NCc1cc(-c2cccs2)on1. The van der Waals surface area contributed by atoms with Crippen LogP contribution in [0.1, 0.15) is 12.6 Å². The summed E-state index contributed by atoms with van der Waals surface area (Å²) in [6.07, 6.45) is -0.582. The Hall–Kier alpha value is -2.60. The van der Waals surface area contributed by atoms with Gasteiger partial charge < -0.3 is 14.6 Å². The maximum atomic E-state index is 12.1. The predicted molar refractivity (Wildman–Crippen MR) is 88.2 cm³/mol. The second-order valence-electron chi connectivity index (χ2n) is 4.95. The van der Waals surface area contributed by atoms with Crippen LogP contribution in [0.4, 0.5) is 0 Å². The summed E-state index contributed by atoms with van der Waals surface area (Å²) in [6, 6.07) is 15.0. The number of rotatable bonds is 6. The van der Waals surface area contributed by atoms with E-state index >= 15 is 0 Å². The summed E-state index contributed by atoms with van der Waals surface area (Å²) in [4.78, 5) is 13.1. The smallest absolute Gasteiger partial charge is 0.261 e. The maximum Gasteiger partial charge on any atom is 0.261 e. The third-order valence-electron chi connectivity index (χ3n) is 3.19. The van der Waals surface area contributed by atoms with Crippen LogP contribution in [-0.2, 0) is 11.3 Å². The highest BCUT2D eigenvalue weighted by Gasteiger charge is 2.15. The van der Waals surface area contributed by atoms with Crippen molar-refractivity contribution in [3.05, 3.63) is 59.6 Å². The zero-order valence-electron chi connectivity index (χ0n) is 12.6. The number of aromatic nitrogens is 1. The van der Waals surface area contributed by atoms with Crippen molar-refractivity contribution in [3.63, 3.8) is 0 Å². The van der Waals surface area contributed by atoms with Gasteiger partial charge in [0.25, 0.3) is 5.91 Å². The molecule has 0 aliphatic heterocycles. The molecule has 2 heterocycles. The third-order valence-corrected chi connectivity index (χ3v) is 4.08. The largest absolute Gasteiger partial charge is 0.481 e. The highest BCUT2D eigenvalue weighted by molar-refractivity contribution is 7.13. The van der Waals surface area contributed by atoms with Gasteiger partial charge in [-0.2, -0.15) is 0 Å². The molecule has 23 heavy (non-hydrogen) atoms. The Morgan fingerprint density at radius 3 is 2.87 bits per heavy atom. The zero-order chi connectivity index (χ0) is 16.1. The normalized spacial score (nSPS) is 11.9. The van der Waals surface area contributed by atoms with E-state index in [9.17, 15) is 4.79 Å². The molecular weight excluding hydrogens is 312 g/mol. The molecule has 5 nitrogen and oxygen atoms in total. The molecule has 118 valence electrons. The van der Waals surface area contributed by atoms with Gasteiger partial charge in [-0.1, -0.05) is 29.4 Å². The molecule has 0 saturated heterocycles. The molecule has 3 aromatic rings. The Labute approximate surface area is 137 Å². The first-order valence-corrected chi connectivity index (χ1v) is 8.09. The second kappa shape index (κ2) is 7.11. The van der Waals surface area contributed by atoms with Gasteiger partial charge in [-0.05, 0) is 30.5 Å². The monoisotopic (exact) mass is 328 g/mol. The van der Waals surface area contributed by atoms with Gasteiger partial charge in [0, 0.05) is 6.07 Å². The lowest BCUT2D eigenvalue weighted by atomic mass is 10.3. The van der Waals surface area contributed by atoms with E-state index in [0.29, 0.717) is 23.7 Å². The Kier molecular flexibility index (Phi) is 4.73. The van der Waals surface area contributed by atoms with Crippen molar-refractivity contribution < 1.29 is 14.1 Å². The van der Waals surface area contributed by atoms with E-state index in [1.54, 1.807) is 18.3 Å². The lowest BCUT2D eigenvalue weighted by molar-refractivity contribution is -0.127. The van der Waals surface area contributed by atoms with Crippen LogP contribution in [-0.4, -0.2) is 17.2 Å². The standard InChI is InChI=1S/C17H16N2O3S/c1-12(21-14-6-3-2-4-7-14)17(20)18-11-13-10-15(22-19-13)16-8-5-9-23-16/h2-10,12H,11H2,1H3,(H,18,20)/t12-/m1/s1. The Balaban J connectivity index is 1.52. The van der Waals surface area contributed by atoms with Crippen molar-refractivity contribution in [2.45, 2.75) is 19.6 Å². The summed E-state index contributed by atoms with van der Waals surface area (Å²) in [7, 11) is 0. The van der Waals surface area contributed by atoms with E-state index in [0.717, 1.165) is 4.88 Å². The first-order valence-electron chi connectivity index (χ1n) is 7.21. The number of hydrogen-bond acceptors (Lipinski definition) is 5. The third kappa shape index (κ3) is 3.98. The van der Waals surface area contributed by atoms with Gasteiger partial charge in [0.1, 0.15) is 11.4 Å². The minimum absolute atomic E-state index is 0.200. The average molecular weight is 328 g/mol. The van der Waals surface area contributed by atoms with Crippen LogP contribution in [0.25, 0.3) is 10.6 Å².